The minimum Gasteiger partial charge on any atom is -0.388 e. The number of hydrogen-bond acceptors (Lipinski definition) is 2. The van der Waals surface area contributed by atoms with E-state index in [1.165, 1.54) is 25.7 Å². The zero-order valence-electron chi connectivity index (χ0n) is 12.2. The summed E-state index contributed by atoms with van der Waals surface area (Å²) in [5.41, 5.74) is 1.98. The predicted molar refractivity (Wildman–Crippen MR) is 82.1 cm³/mol. The Labute approximate surface area is 125 Å². The van der Waals surface area contributed by atoms with Gasteiger partial charge in [-0.05, 0) is 55.6 Å². The molecule has 0 saturated heterocycles. The SMILES string of the molecule is OC(CC1CC2CCC1C2)c1cnn(-c2ccccc2)c1. The predicted octanol–water partition coefficient (Wildman–Crippen LogP) is 3.73. The van der Waals surface area contributed by atoms with Gasteiger partial charge in [0.05, 0.1) is 18.0 Å². The van der Waals surface area contributed by atoms with E-state index in [-0.39, 0.29) is 6.10 Å². The Morgan fingerprint density at radius 1 is 1.19 bits per heavy atom. The van der Waals surface area contributed by atoms with Gasteiger partial charge in [-0.15, -0.1) is 0 Å². The van der Waals surface area contributed by atoms with E-state index in [0.717, 1.165) is 35.4 Å². The van der Waals surface area contributed by atoms with E-state index in [1.54, 1.807) is 0 Å². The minimum atomic E-state index is -0.369. The number of aliphatic hydroxyl groups excluding tert-OH is 1. The molecule has 0 radical (unpaired) electrons. The van der Waals surface area contributed by atoms with Crippen molar-refractivity contribution in [2.75, 3.05) is 0 Å². The Bertz CT molecular complexity index is 607. The molecule has 1 aromatic heterocycles. The molecule has 1 aromatic carbocycles. The molecule has 0 amide bonds. The number of hydrogen-bond donors (Lipinski definition) is 1. The first-order valence-electron chi connectivity index (χ1n) is 8.07. The van der Waals surface area contributed by atoms with E-state index in [1.807, 2.05) is 47.4 Å². The molecule has 110 valence electrons. The van der Waals surface area contributed by atoms with Gasteiger partial charge in [0.25, 0.3) is 0 Å². The summed E-state index contributed by atoms with van der Waals surface area (Å²) in [5.74, 6) is 2.53. The highest BCUT2D eigenvalue weighted by molar-refractivity contribution is 5.31. The van der Waals surface area contributed by atoms with E-state index in [4.69, 9.17) is 0 Å². The van der Waals surface area contributed by atoms with Gasteiger partial charge in [-0.1, -0.05) is 24.6 Å². The van der Waals surface area contributed by atoms with Crippen molar-refractivity contribution in [2.24, 2.45) is 17.8 Å². The molecular weight excluding hydrogens is 260 g/mol. The average molecular weight is 282 g/mol. The fourth-order valence-electron chi connectivity index (χ4n) is 4.32. The third-order valence-electron chi connectivity index (χ3n) is 5.42. The molecule has 4 rings (SSSR count). The number of rotatable bonds is 4. The smallest absolute Gasteiger partial charge is 0.0823 e. The van der Waals surface area contributed by atoms with Gasteiger partial charge in [-0.2, -0.15) is 5.10 Å². The molecule has 2 aromatic rings. The van der Waals surface area contributed by atoms with Crippen molar-refractivity contribution in [3.63, 3.8) is 0 Å². The maximum absolute atomic E-state index is 10.5. The summed E-state index contributed by atoms with van der Waals surface area (Å²) in [6, 6.07) is 10.1. The van der Waals surface area contributed by atoms with Gasteiger partial charge < -0.3 is 5.11 Å². The van der Waals surface area contributed by atoms with Crippen LogP contribution in [0.5, 0.6) is 0 Å². The van der Waals surface area contributed by atoms with Gasteiger partial charge in [0.1, 0.15) is 0 Å². The summed E-state index contributed by atoms with van der Waals surface area (Å²) >= 11 is 0. The first-order valence-corrected chi connectivity index (χ1v) is 8.07. The lowest BCUT2D eigenvalue weighted by atomic mass is 9.84. The van der Waals surface area contributed by atoms with Crippen LogP contribution < -0.4 is 0 Å². The molecule has 4 atom stereocenters. The third-order valence-corrected chi connectivity index (χ3v) is 5.42. The van der Waals surface area contributed by atoms with Crippen LogP contribution in [0.15, 0.2) is 42.7 Å². The van der Waals surface area contributed by atoms with Gasteiger partial charge in [0.2, 0.25) is 0 Å². The van der Waals surface area contributed by atoms with E-state index in [0.29, 0.717) is 0 Å². The fraction of sp³-hybridized carbons (Fsp3) is 0.500. The van der Waals surface area contributed by atoms with Crippen LogP contribution in [0.3, 0.4) is 0 Å². The number of aliphatic hydroxyl groups is 1. The minimum absolute atomic E-state index is 0.369. The Hall–Kier alpha value is -1.61. The van der Waals surface area contributed by atoms with Gasteiger partial charge >= 0.3 is 0 Å². The molecule has 2 bridgehead atoms. The van der Waals surface area contributed by atoms with Crippen molar-refractivity contribution in [3.05, 3.63) is 48.3 Å². The van der Waals surface area contributed by atoms with Gasteiger partial charge in [-0.25, -0.2) is 4.68 Å². The van der Waals surface area contributed by atoms with E-state index in [9.17, 15) is 5.11 Å². The summed E-state index contributed by atoms with van der Waals surface area (Å²) in [4.78, 5) is 0. The number of nitrogens with zero attached hydrogens (tertiary/aromatic N) is 2. The Kier molecular flexibility index (Phi) is 3.30. The van der Waals surface area contributed by atoms with Crippen LogP contribution in [0, 0.1) is 17.8 Å². The van der Waals surface area contributed by atoms with Crippen LogP contribution in [0.2, 0.25) is 0 Å². The topological polar surface area (TPSA) is 38.1 Å². The Morgan fingerprint density at radius 3 is 2.76 bits per heavy atom. The lowest BCUT2D eigenvalue weighted by Gasteiger charge is -2.23. The molecule has 1 N–H and O–H groups in total. The summed E-state index contributed by atoms with van der Waals surface area (Å²) < 4.78 is 1.85. The lowest BCUT2D eigenvalue weighted by molar-refractivity contribution is 0.125. The number of aromatic nitrogens is 2. The number of fused-ring (bicyclic) bond motifs is 2. The zero-order chi connectivity index (χ0) is 14.2. The molecule has 3 nitrogen and oxygen atoms in total. The summed E-state index contributed by atoms with van der Waals surface area (Å²) in [6.07, 6.45) is 9.84. The van der Waals surface area contributed by atoms with Crippen molar-refractivity contribution in [1.29, 1.82) is 0 Å². The molecule has 0 spiro atoms. The molecule has 2 fully saturated rings. The first kappa shape index (κ1) is 13.1. The maximum atomic E-state index is 10.5. The van der Waals surface area contributed by atoms with Crippen molar-refractivity contribution < 1.29 is 5.11 Å². The van der Waals surface area contributed by atoms with Crippen LogP contribution in [-0.2, 0) is 0 Å². The van der Waals surface area contributed by atoms with Crippen LogP contribution >= 0.6 is 0 Å². The molecular formula is C18H22N2O. The van der Waals surface area contributed by atoms with Crippen LogP contribution in [0.1, 0.15) is 43.8 Å². The van der Waals surface area contributed by atoms with Crippen LogP contribution in [-0.4, -0.2) is 14.9 Å². The van der Waals surface area contributed by atoms with Crippen molar-refractivity contribution >= 4 is 0 Å². The Balaban J connectivity index is 1.45. The normalized spacial score (nSPS) is 28.9. The highest BCUT2D eigenvalue weighted by Gasteiger charge is 2.40. The van der Waals surface area contributed by atoms with Gasteiger partial charge in [0.15, 0.2) is 0 Å². The summed E-state index contributed by atoms with van der Waals surface area (Å²) in [7, 11) is 0. The molecule has 3 heteroatoms. The molecule has 2 aliphatic carbocycles. The average Bonchev–Trinajstić information content (AvgIpc) is 3.24. The standard InChI is InChI=1S/C18H22N2O/c21-18(10-15-9-13-6-7-14(15)8-13)16-11-19-20(12-16)17-4-2-1-3-5-17/h1-5,11-15,18,21H,6-10H2. The first-order chi connectivity index (χ1) is 10.3. The van der Waals surface area contributed by atoms with E-state index >= 15 is 0 Å². The molecule has 1 heterocycles. The molecule has 21 heavy (non-hydrogen) atoms. The molecule has 2 saturated carbocycles. The largest absolute Gasteiger partial charge is 0.388 e. The summed E-state index contributed by atoms with van der Waals surface area (Å²) in [5, 5.41) is 14.9. The van der Waals surface area contributed by atoms with Crippen molar-refractivity contribution in [2.45, 2.75) is 38.2 Å². The maximum Gasteiger partial charge on any atom is 0.0823 e. The molecule has 0 aliphatic heterocycles. The van der Waals surface area contributed by atoms with Crippen LogP contribution in [0.4, 0.5) is 0 Å². The second kappa shape index (κ2) is 5.30. The highest BCUT2D eigenvalue weighted by atomic mass is 16.3. The second-order valence-electron chi connectivity index (χ2n) is 6.74. The van der Waals surface area contributed by atoms with Crippen molar-refractivity contribution in [3.8, 4) is 5.69 Å². The zero-order valence-corrected chi connectivity index (χ0v) is 12.2. The van der Waals surface area contributed by atoms with Gasteiger partial charge in [-0.3, -0.25) is 0 Å². The number of benzene rings is 1. The highest BCUT2D eigenvalue weighted by Crippen LogP contribution is 2.50. The monoisotopic (exact) mass is 282 g/mol. The summed E-state index contributed by atoms with van der Waals surface area (Å²) in [6.45, 7) is 0. The van der Waals surface area contributed by atoms with Crippen molar-refractivity contribution in [1.82, 2.24) is 9.78 Å². The third kappa shape index (κ3) is 2.51. The van der Waals surface area contributed by atoms with E-state index in [2.05, 4.69) is 5.10 Å². The Morgan fingerprint density at radius 2 is 2.05 bits per heavy atom. The second-order valence-corrected chi connectivity index (χ2v) is 6.74. The fourth-order valence-corrected chi connectivity index (χ4v) is 4.32. The van der Waals surface area contributed by atoms with Crippen LogP contribution in [0.25, 0.3) is 5.69 Å². The molecule has 4 unspecified atom stereocenters. The lowest BCUT2D eigenvalue weighted by Crippen LogP contribution is -2.14. The quantitative estimate of drug-likeness (QED) is 0.928. The number of para-hydroxylation sites is 1. The van der Waals surface area contributed by atoms with Gasteiger partial charge in [0, 0.05) is 11.8 Å². The molecule has 2 aliphatic rings. The van der Waals surface area contributed by atoms with E-state index < -0.39 is 0 Å².